The number of rotatable bonds is 3. The van der Waals surface area contributed by atoms with Gasteiger partial charge in [0, 0.05) is 6.61 Å². The molecular formula is C14H16F2N2O2. The Bertz CT molecular complexity index is 546. The second-order valence-electron chi connectivity index (χ2n) is 5.37. The Kier molecular flexibility index (Phi) is 3.33. The number of nitrogens with one attached hydrogen (secondary N) is 1. The summed E-state index contributed by atoms with van der Waals surface area (Å²) in [5.74, 6) is -2.23. The van der Waals surface area contributed by atoms with Crippen LogP contribution in [0.3, 0.4) is 0 Å². The van der Waals surface area contributed by atoms with Gasteiger partial charge in [0.25, 0.3) is 5.91 Å². The molecule has 3 rings (SSSR count). The predicted octanol–water partition coefficient (Wildman–Crippen LogP) is 1.84. The molecule has 6 heteroatoms. The topological polar surface area (TPSA) is 64.4 Å². The molecule has 1 heterocycles. The van der Waals surface area contributed by atoms with Gasteiger partial charge in [-0.15, -0.1) is 0 Å². The fourth-order valence-electron chi connectivity index (χ4n) is 2.67. The van der Waals surface area contributed by atoms with E-state index in [1.165, 1.54) is 0 Å². The maximum absolute atomic E-state index is 13.8. The number of nitrogen functional groups attached to an aromatic ring is 1. The van der Waals surface area contributed by atoms with Gasteiger partial charge in [-0.05, 0) is 37.3 Å². The monoisotopic (exact) mass is 282 g/mol. The van der Waals surface area contributed by atoms with E-state index in [-0.39, 0.29) is 17.8 Å². The lowest BCUT2D eigenvalue weighted by molar-refractivity contribution is 0.0726. The maximum atomic E-state index is 13.8. The third kappa shape index (κ3) is 2.35. The first-order valence-electron chi connectivity index (χ1n) is 6.74. The quantitative estimate of drug-likeness (QED) is 0.831. The highest BCUT2D eigenvalue weighted by molar-refractivity contribution is 5.96. The van der Waals surface area contributed by atoms with E-state index in [1.54, 1.807) is 0 Å². The minimum atomic E-state index is -1.01. The Hall–Kier alpha value is -1.69. The second-order valence-corrected chi connectivity index (χ2v) is 5.37. The molecule has 2 fully saturated rings. The SMILES string of the molecule is Nc1ccc(F)c(C(=O)NC2CCOC2C2CC2)c1F. The molecule has 0 aromatic heterocycles. The number of ether oxygens (including phenoxy) is 1. The van der Waals surface area contributed by atoms with Crippen LogP contribution in [-0.2, 0) is 4.74 Å². The largest absolute Gasteiger partial charge is 0.396 e. The van der Waals surface area contributed by atoms with Crippen molar-refractivity contribution in [2.75, 3.05) is 12.3 Å². The molecule has 2 atom stereocenters. The number of halogens is 2. The van der Waals surface area contributed by atoms with Gasteiger partial charge in [-0.3, -0.25) is 4.79 Å². The van der Waals surface area contributed by atoms with E-state index >= 15 is 0 Å². The Morgan fingerprint density at radius 2 is 2.05 bits per heavy atom. The lowest BCUT2D eigenvalue weighted by Gasteiger charge is -2.19. The number of anilines is 1. The van der Waals surface area contributed by atoms with Crippen molar-refractivity contribution in [2.45, 2.75) is 31.4 Å². The van der Waals surface area contributed by atoms with Crippen molar-refractivity contribution in [1.82, 2.24) is 5.32 Å². The van der Waals surface area contributed by atoms with Crippen LogP contribution in [0, 0.1) is 17.6 Å². The van der Waals surface area contributed by atoms with Crippen LogP contribution < -0.4 is 11.1 Å². The Balaban J connectivity index is 1.78. The minimum Gasteiger partial charge on any atom is -0.396 e. The Morgan fingerprint density at radius 1 is 1.30 bits per heavy atom. The third-order valence-electron chi connectivity index (χ3n) is 3.89. The summed E-state index contributed by atoms with van der Waals surface area (Å²) in [5, 5.41) is 2.68. The molecule has 0 spiro atoms. The highest BCUT2D eigenvalue weighted by Crippen LogP contribution is 2.38. The number of carbonyl (C=O) groups excluding carboxylic acids is 1. The van der Waals surface area contributed by atoms with Crippen LogP contribution in [-0.4, -0.2) is 24.7 Å². The molecule has 1 saturated heterocycles. The second kappa shape index (κ2) is 5.01. The molecule has 108 valence electrons. The molecule has 0 radical (unpaired) electrons. The van der Waals surface area contributed by atoms with Crippen LogP contribution in [0.1, 0.15) is 29.6 Å². The molecule has 1 aromatic rings. The minimum absolute atomic E-state index is 0.0360. The van der Waals surface area contributed by atoms with Gasteiger partial charge in [0.15, 0.2) is 5.82 Å². The van der Waals surface area contributed by atoms with Crippen LogP contribution in [0.25, 0.3) is 0 Å². The van der Waals surface area contributed by atoms with Crippen molar-refractivity contribution in [1.29, 1.82) is 0 Å². The molecule has 1 amide bonds. The molecule has 20 heavy (non-hydrogen) atoms. The standard InChI is InChI=1S/C14H16F2N2O2/c15-8-3-4-9(17)12(16)11(8)14(19)18-10-5-6-20-13(10)7-1-2-7/h3-4,7,10,13H,1-2,5-6,17H2,(H,18,19). The van der Waals surface area contributed by atoms with Crippen molar-refractivity contribution in [2.24, 2.45) is 5.92 Å². The summed E-state index contributed by atoms with van der Waals surface area (Å²) in [5.41, 5.74) is 4.52. The summed E-state index contributed by atoms with van der Waals surface area (Å²) < 4.78 is 33.0. The molecule has 1 aliphatic heterocycles. The third-order valence-corrected chi connectivity index (χ3v) is 3.89. The van der Waals surface area contributed by atoms with Crippen LogP contribution >= 0.6 is 0 Å². The molecule has 2 aliphatic rings. The van der Waals surface area contributed by atoms with Gasteiger partial charge in [0.1, 0.15) is 11.4 Å². The zero-order valence-corrected chi connectivity index (χ0v) is 10.9. The Labute approximate surface area is 115 Å². The van der Waals surface area contributed by atoms with Gasteiger partial charge in [-0.1, -0.05) is 0 Å². The lowest BCUT2D eigenvalue weighted by atomic mass is 10.1. The van der Waals surface area contributed by atoms with Crippen LogP contribution in [0.2, 0.25) is 0 Å². The molecule has 0 bridgehead atoms. The number of carbonyl (C=O) groups is 1. The van der Waals surface area contributed by atoms with Gasteiger partial charge >= 0.3 is 0 Å². The van der Waals surface area contributed by atoms with Crippen molar-refractivity contribution >= 4 is 11.6 Å². The predicted molar refractivity (Wildman–Crippen MR) is 69.1 cm³/mol. The molecule has 1 aliphatic carbocycles. The van der Waals surface area contributed by atoms with Gasteiger partial charge in [-0.2, -0.15) is 0 Å². The number of benzene rings is 1. The first kappa shape index (κ1) is 13.3. The smallest absolute Gasteiger partial charge is 0.257 e. The highest BCUT2D eigenvalue weighted by atomic mass is 19.1. The molecule has 3 N–H and O–H groups in total. The van der Waals surface area contributed by atoms with Gasteiger partial charge in [0.2, 0.25) is 0 Å². The van der Waals surface area contributed by atoms with Crippen molar-refractivity contribution in [3.05, 3.63) is 29.3 Å². The average Bonchev–Trinajstić information content (AvgIpc) is 3.15. The molecule has 4 nitrogen and oxygen atoms in total. The van der Waals surface area contributed by atoms with E-state index in [2.05, 4.69) is 5.32 Å². The molecule has 1 saturated carbocycles. The molecular weight excluding hydrogens is 266 g/mol. The van der Waals surface area contributed by atoms with Crippen molar-refractivity contribution in [3.8, 4) is 0 Å². The summed E-state index contributed by atoms with van der Waals surface area (Å²) in [6.07, 6.45) is 2.79. The number of nitrogens with two attached hydrogens (primary N) is 1. The van der Waals surface area contributed by atoms with Crippen LogP contribution in [0.4, 0.5) is 14.5 Å². The highest BCUT2D eigenvalue weighted by Gasteiger charge is 2.41. The average molecular weight is 282 g/mol. The van der Waals surface area contributed by atoms with Crippen molar-refractivity contribution < 1.29 is 18.3 Å². The van der Waals surface area contributed by atoms with E-state index < -0.39 is 23.1 Å². The summed E-state index contributed by atoms with van der Waals surface area (Å²) in [6, 6.07) is 1.92. The lowest BCUT2D eigenvalue weighted by Crippen LogP contribution is -2.42. The molecule has 2 unspecified atom stereocenters. The summed E-state index contributed by atoms with van der Waals surface area (Å²) in [6.45, 7) is 0.563. The van der Waals surface area contributed by atoms with E-state index in [4.69, 9.17) is 10.5 Å². The normalized spacial score (nSPS) is 25.7. The number of amides is 1. The zero-order chi connectivity index (χ0) is 14.3. The van der Waals surface area contributed by atoms with E-state index in [0.29, 0.717) is 18.9 Å². The van der Waals surface area contributed by atoms with E-state index in [1.807, 2.05) is 0 Å². The van der Waals surface area contributed by atoms with Crippen LogP contribution in [0.5, 0.6) is 0 Å². The van der Waals surface area contributed by atoms with E-state index in [9.17, 15) is 13.6 Å². The Morgan fingerprint density at radius 3 is 2.75 bits per heavy atom. The number of hydrogen-bond donors (Lipinski definition) is 2. The van der Waals surface area contributed by atoms with Crippen molar-refractivity contribution in [3.63, 3.8) is 0 Å². The van der Waals surface area contributed by atoms with E-state index in [0.717, 1.165) is 25.0 Å². The fourth-order valence-corrected chi connectivity index (χ4v) is 2.67. The van der Waals surface area contributed by atoms with Gasteiger partial charge in [0.05, 0.1) is 17.8 Å². The van der Waals surface area contributed by atoms with Gasteiger partial charge in [-0.25, -0.2) is 8.78 Å². The summed E-state index contributed by atoms with van der Waals surface area (Å²) in [4.78, 5) is 12.1. The van der Waals surface area contributed by atoms with Crippen LogP contribution in [0.15, 0.2) is 12.1 Å². The first-order chi connectivity index (χ1) is 9.58. The summed E-state index contributed by atoms with van der Waals surface area (Å²) >= 11 is 0. The zero-order valence-electron chi connectivity index (χ0n) is 10.9. The number of hydrogen-bond acceptors (Lipinski definition) is 3. The maximum Gasteiger partial charge on any atom is 0.257 e. The fraction of sp³-hybridized carbons (Fsp3) is 0.500. The van der Waals surface area contributed by atoms with Gasteiger partial charge < -0.3 is 15.8 Å². The first-order valence-corrected chi connectivity index (χ1v) is 6.74. The molecule has 1 aromatic carbocycles. The summed E-state index contributed by atoms with van der Waals surface area (Å²) in [7, 11) is 0.